The van der Waals surface area contributed by atoms with Gasteiger partial charge in [0.1, 0.15) is 0 Å². The Kier molecular flexibility index (Phi) is 6.40. The lowest BCUT2D eigenvalue weighted by molar-refractivity contribution is -0.139. The zero-order chi connectivity index (χ0) is 23.6. The minimum absolute atomic E-state index is 0.103. The highest BCUT2D eigenvalue weighted by Gasteiger charge is 2.20. The summed E-state index contributed by atoms with van der Waals surface area (Å²) >= 11 is 6.32. The van der Waals surface area contributed by atoms with Gasteiger partial charge in [0.05, 0.1) is 24.1 Å². The summed E-state index contributed by atoms with van der Waals surface area (Å²) < 4.78 is 33.7. The molecule has 33 heavy (non-hydrogen) atoms. The number of anilines is 1. The summed E-state index contributed by atoms with van der Waals surface area (Å²) in [6, 6.07) is 22.9. The molecule has 0 aromatic heterocycles. The number of methoxy groups -OCH3 is 1. The van der Waals surface area contributed by atoms with Crippen LogP contribution in [0.1, 0.15) is 11.1 Å². The molecule has 0 atom stereocenters. The summed E-state index contributed by atoms with van der Waals surface area (Å²) in [5.74, 6) is -0.351. The normalized spacial score (nSPS) is 11.4. The zero-order valence-corrected chi connectivity index (χ0v) is 19.7. The minimum Gasteiger partial charge on any atom is -0.469 e. The Hall–Kier alpha value is -3.35. The van der Waals surface area contributed by atoms with E-state index in [1.807, 2.05) is 37.3 Å². The number of halogens is 1. The van der Waals surface area contributed by atoms with Crippen molar-refractivity contribution in [2.45, 2.75) is 18.2 Å². The smallest absolute Gasteiger partial charge is 0.309 e. The second kappa shape index (κ2) is 9.25. The Bertz CT molecular complexity index is 1450. The second-order valence-electron chi connectivity index (χ2n) is 7.62. The van der Waals surface area contributed by atoms with Gasteiger partial charge in [-0.3, -0.25) is 9.52 Å². The van der Waals surface area contributed by atoms with Gasteiger partial charge in [-0.05, 0) is 64.7 Å². The maximum absolute atomic E-state index is 13.0. The van der Waals surface area contributed by atoms with E-state index in [0.717, 1.165) is 27.5 Å². The highest BCUT2D eigenvalue weighted by Crippen LogP contribution is 2.39. The lowest BCUT2D eigenvalue weighted by atomic mass is 9.89. The summed E-state index contributed by atoms with van der Waals surface area (Å²) in [6.45, 7) is 1.91. The van der Waals surface area contributed by atoms with Crippen LogP contribution in [0.4, 0.5) is 5.69 Å². The number of fused-ring (bicyclic) bond motifs is 1. The van der Waals surface area contributed by atoms with Gasteiger partial charge >= 0.3 is 5.97 Å². The third-order valence-electron chi connectivity index (χ3n) is 5.53. The summed E-state index contributed by atoms with van der Waals surface area (Å²) in [5, 5.41) is 2.31. The Morgan fingerprint density at radius 1 is 0.970 bits per heavy atom. The number of carbonyl (C=O) groups excluding carboxylic acids is 1. The molecule has 0 aliphatic carbocycles. The van der Waals surface area contributed by atoms with Crippen molar-refractivity contribution in [2.24, 2.45) is 0 Å². The molecule has 0 spiro atoms. The number of para-hydroxylation sites is 1. The van der Waals surface area contributed by atoms with Crippen molar-refractivity contribution in [2.75, 3.05) is 11.8 Å². The fourth-order valence-corrected chi connectivity index (χ4v) is 5.15. The first-order valence-electron chi connectivity index (χ1n) is 10.3. The highest BCUT2D eigenvalue weighted by atomic mass is 35.5. The Labute approximate surface area is 198 Å². The minimum atomic E-state index is -3.80. The van der Waals surface area contributed by atoms with E-state index >= 15 is 0 Å². The van der Waals surface area contributed by atoms with Crippen LogP contribution in [0.25, 0.3) is 21.9 Å². The third kappa shape index (κ3) is 4.72. The van der Waals surface area contributed by atoms with E-state index in [9.17, 15) is 13.2 Å². The monoisotopic (exact) mass is 479 g/mol. The van der Waals surface area contributed by atoms with Gasteiger partial charge in [0.2, 0.25) is 0 Å². The predicted molar refractivity (Wildman–Crippen MR) is 132 cm³/mol. The first-order valence-corrected chi connectivity index (χ1v) is 12.1. The van der Waals surface area contributed by atoms with Crippen LogP contribution < -0.4 is 4.72 Å². The number of hydrogen-bond acceptors (Lipinski definition) is 4. The van der Waals surface area contributed by atoms with Crippen molar-refractivity contribution in [3.63, 3.8) is 0 Å². The molecule has 4 aromatic rings. The standard InChI is InChI=1S/C26H22ClNO4S/c1-17-19(15-25(29)32-2)14-18-12-13-20(27)16-23(18)26(17)22-10-6-7-11-24(22)28-33(30,31)21-8-4-3-5-9-21/h3-14,16,28H,15H2,1-2H3. The van der Waals surface area contributed by atoms with E-state index in [1.54, 1.807) is 48.5 Å². The van der Waals surface area contributed by atoms with Crippen LogP contribution in [-0.2, 0) is 26.0 Å². The molecule has 0 heterocycles. The summed E-state index contributed by atoms with van der Waals surface area (Å²) in [6.07, 6.45) is 0.103. The van der Waals surface area contributed by atoms with E-state index in [0.29, 0.717) is 16.3 Å². The lowest BCUT2D eigenvalue weighted by Gasteiger charge is -2.19. The summed E-state index contributed by atoms with van der Waals surface area (Å²) in [7, 11) is -2.45. The van der Waals surface area contributed by atoms with Crippen LogP contribution >= 0.6 is 11.6 Å². The van der Waals surface area contributed by atoms with Gasteiger partial charge in [-0.2, -0.15) is 0 Å². The molecule has 168 valence electrons. The predicted octanol–water partition coefficient (Wildman–Crippen LogP) is 5.98. The van der Waals surface area contributed by atoms with Gasteiger partial charge in [0.15, 0.2) is 0 Å². The molecule has 0 bridgehead atoms. The molecule has 7 heteroatoms. The number of rotatable bonds is 6. The van der Waals surface area contributed by atoms with Gasteiger partial charge in [0.25, 0.3) is 10.0 Å². The average Bonchev–Trinajstić information content (AvgIpc) is 2.81. The van der Waals surface area contributed by atoms with Crippen LogP contribution in [-0.4, -0.2) is 21.5 Å². The molecular formula is C26H22ClNO4S. The first kappa shape index (κ1) is 22.8. The molecule has 0 saturated carbocycles. The van der Waals surface area contributed by atoms with E-state index in [1.165, 1.54) is 7.11 Å². The molecule has 0 saturated heterocycles. The van der Waals surface area contributed by atoms with Crippen molar-refractivity contribution >= 4 is 44.1 Å². The first-order chi connectivity index (χ1) is 15.8. The number of carbonyl (C=O) groups is 1. The Balaban J connectivity index is 1.93. The van der Waals surface area contributed by atoms with Gasteiger partial charge < -0.3 is 4.74 Å². The molecule has 4 rings (SSSR count). The van der Waals surface area contributed by atoms with E-state index in [-0.39, 0.29) is 17.3 Å². The number of hydrogen-bond donors (Lipinski definition) is 1. The van der Waals surface area contributed by atoms with Crippen LogP contribution in [0.2, 0.25) is 5.02 Å². The van der Waals surface area contributed by atoms with Gasteiger partial charge in [-0.1, -0.05) is 60.1 Å². The van der Waals surface area contributed by atoms with Crippen LogP contribution in [0, 0.1) is 6.92 Å². The quantitative estimate of drug-likeness (QED) is 0.345. The summed E-state index contributed by atoms with van der Waals surface area (Å²) in [5.41, 5.74) is 3.57. The Morgan fingerprint density at radius 3 is 2.39 bits per heavy atom. The topological polar surface area (TPSA) is 72.5 Å². The van der Waals surface area contributed by atoms with Crippen molar-refractivity contribution in [1.82, 2.24) is 0 Å². The molecule has 0 aliphatic rings. The van der Waals surface area contributed by atoms with Crippen LogP contribution in [0.5, 0.6) is 0 Å². The largest absolute Gasteiger partial charge is 0.469 e. The molecule has 1 N–H and O–H groups in total. The number of sulfonamides is 1. The highest BCUT2D eigenvalue weighted by molar-refractivity contribution is 7.92. The molecule has 0 unspecified atom stereocenters. The van der Waals surface area contributed by atoms with Gasteiger partial charge in [0, 0.05) is 10.6 Å². The van der Waals surface area contributed by atoms with Crippen molar-refractivity contribution in [3.05, 3.63) is 95.0 Å². The van der Waals surface area contributed by atoms with E-state index < -0.39 is 10.0 Å². The molecule has 0 radical (unpaired) electrons. The fourth-order valence-electron chi connectivity index (χ4n) is 3.88. The van der Waals surface area contributed by atoms with E-state index in [2.05, 4.69) is 4.72 Å². The third-order valence-corrected chi connectivity index (χ3v) is 7.14. The number of esters is 1. The molecule has 5 nitrogen and oxygen atoms in total. The Morgan fingerprint density at radius 2 is 1.67 bits per heavy atom. The molecule has 4 aromatic carbocycles. The molecular weight excluding hydrogens is 458 g/mol. The van der Waals surface area contributed by atoms with Crippen molar-refractivity contribution in [1.29, 1.82) is 0 Å². The zero-order valence-electron chi connectivity index (χ0n) is 18.1. The van der Waals surface area contributed by atoms with Crippen LogP contribution in [0.3, 0.4) is 0 Å². The average molecular weight is 480 g/mol. The number of nitrogens with one attached hydrogen (secondary N) is 1. The van der Waals surface area contributed by atoms with Gasteiger partial charge in [-0.15, -0.1) is 0 Å². The SMILES string of the molecule is COC(=O)Cc1cc2ccc(Cl)cc2c(-c2ccccc2NS(=O)(=O)c2ccccc2)c1C. The molecule has 0 fully saturated rings. The second-order valence-corrected chi connectivity index (χ2v) is 9.74. The van der Waals surface area contributed by atoms with Gasteiger partial charge in [-0.25, -0.2) is 8.42 Å². The maximum atomic E-state index is 13.0. The number of ether oxygens (including phenoxy) is 1. The van der Waals surface area contributed by atoms with Crippen molar-refractivity contribution in [3.8, 4) is 11.1 Å². The maximum Gasteiger partial charge on any atom is 0.309 e. The lowest BCUT2D eigenvalue weighted by Crippen LogP contribution is -2.13. The van der Waals surface area contributed by atoms with E-state index in [4.69, 9.17) is 16.3 Å². The molecule has 0 aliphatic heterocycles. The number of benzene rings is 4. The van der Waals surface area contributed by atoms with Crippen molar-refractivity contribution < 1.29 is 17.9 Å². The molecule has 0 amide bonds. The summed E-state index contributed by atoms with van der Waals surface area (Å²) in [4.78, 5) is 12.2. The fraction of sp³-hybridized carbons (Fsp3) is 0.115. The van der Waals surface area contributed by atoms with Crippen LogP contribution in [0.15, 0.2) is 83.8 Å².